The zero-order valence-corrected chi connectivity index (χ0v) is 11.3. The van der Waals surface area contributed by atoms with Crippen LogP contribution in [0.2, 0.25) is 0 Å². The Bertz CT molecular complexity index is 479. The second kappa shape index (κ2) is 6.00. The first-order valence-corrected chi connectivity index (χ1v) is 6.98. The highest BCUT2D eigenvalue weighted by molar-refractivity contribution is 5.99. The molecule has 0 heterocycles. The predicted octanol–water partition coefficient (Wildman–Crippen LogP) is 3.32. The van der Waals surface area contributed by atoms with E-state index in [4.69, 9.17) is 5.11 Å². The molecule has 0 amide bonds. The van der Waals surface area contributed by atoms with E-state index in [1.807, 2.05) is 31.2 Å². The largest absolute Gasteiger partial charge is 0.481 e. The van der Waals surface area contributed by atoms with Gasteiger partial charge in [0.15, 0.2) is 5.78 Å². The summed E-state index contributed by atoms with van der Waals surface area (Å²) >= 11 is 0. The third-order valence-corrected chi connectivity index (χ3v) is 4.06. The highest BCUT2D eigenvalue weighted by atomic mass is 16.4. The van der Waals surface area contributed by atoms with Crippen LogP contribution in [0.15, 0.2) is 24.3 Å². The number of carboxylic acids is 1. The molecule has 0 aliphatic heterocycles. The summed E-state index contributed by atoms with van der Waals surface area (Å²) in [4.78, 5) is 23.6. The molecule has 1 aliphatic rings. The molecule has 0 bridgehead atoms. The lowest BCUT2D eigenvalue weighted by Crippen LogP contribution is -2.27. The minimum atomic E-state index is -0.763. The summed E-state index contributed by atoms with van der Waals surface area (Å²) in [6.45, 7) is 2.03. The molecule has 1 aromatic rings. The number of benzene rings is 1. The first-order chi connectivity index (χ1) is 9.13. The Labute approximate surface area is 113 Å². The Hall–Kier alpha value is -1.64. The summed E-state index contributed by atoms with van der Waals surface area (Å²) in [5.74, 6) is -1.11. The number of aliphatic carboxylic acids is 1. The average molecular weight is 260 g/mol. The number of hydrogen-bond acceptors (Lipinski definition) is 2. The molecule has 0 aromatic heterocycles. The first kappa shape index (κ1) is 13.8. The van der Waals surface area contributed by atoms with Gasteiger partial charge in [-0.2, -0.15) is 0 Å². The number of carbonyl (C=O) groups excluding carboxylic acids is 1. The first-order valence-electron chi connectivity index (χ1n) is 6.98. The van der Waals surface area contributed by atoms with E-state index < -0.39 is 5.97 Å². The zero-order chi connectivity index (χ0) is 13.8. The van der Waals surface area contributed by atoms with E-state index >= 15 is 0 Å². The van der Waals surface area contributed by atoms with Crippen LogP contribution in [0.3, 0.4) is 0 Å². The van der Waals surface area contributed by atoms with Gasteiger partial charge in [0.1, 0.15) is 0 Å². The number of Topliss-reactive ketones (excluding diaryl/α,β-unsaturated/α-hetero) is 1. The van der Waals surface area contributed by atoms with Crippen molar-refractivity contribution in [3.8, 4) is 0 Å². The van der Waals surface area contributed by atoms with Gasteiger partial charge in [0.2, 0.25) is 0 Å². The van der Waals surface area contributed by atoms with Crippen LogP contribution in [0.5, 0.6) is 0 Å². The van der Waals surface area contributed by atoms with E-state index in [0.29, 0.717) is 12.8 Å². The fourth-order valence-electron chi connectivity index (χ4n) is 2.94. The van der Waals surface area contributed by atoms with E-state index in [-0.39, 0.29) is 17.6 Å². The molecule has 2 rings (SSSR count). The summed E-state index contributed by atoms with van der Waals surface area (Å²) in [7, 11) is 0. The molecule has 1 N–H and O–H groups in total. The van der Waals surface area contributed by atoms with Crippen molar-refractivity contribution >= 4 is 11.8 Å². The monoisotopic (exact) mass is 260 g/mol. The number of ketones is 1. The van der Waals surface area contributed by atoms with Gasteiger partial charge in [-0.05, 0) is 31.2 Å². The Balaban J connectivity index is 2.17. The van der Waals surface area contributed by atoms with Crippen LogP contribution >= 0.6 is 0 Å². The molecule has 3 heteroatoms. The van der Waals surface area contributed by atoms with Crippen LogP contribution in [-0.4, -0.2) is 16.9 Å². The molecular weight excluding hydrogens is 240 g/mol. The molecule has 1 saturated carbocycles. The van der Waals surface area contributed by atoms with Crippen molar-refractivity contribution in [3.63, 3.8) is 0 Å². The van der Waals surface area contributed by atoms with Crippen LogP contribution < -0.4 is 0 Å². The van der Waals surface area contributed by atoms with Crippen LogP contribution in [0.25, 0.3) is 0 Å². The van der Waals surface area contributed by atoms with E-state index in [2.05, 4.69) is 0 Å². The third-order valence-electron chi connectivity index (χ3n) is 4.06. The maximum absolute atomic E-state index is 12.6. The van der Waals surface area contributed by atoms with Gasteiger partial charge in [0.05, 0.1) is 5.92 Å². The van der Waals surface area contributed by atoms with E-state index in [1.165, 1.54) is 0 Å². The molecule has 0 unspecified atom stereocenters. The van der Waals surface area contributed by atoms with Crippen molar-refractivity contribution in [2.75, 3.05) is 0 Å². The smallest absolute Gasteiger partial charge is 0.306 e. The van der Waals surface area contributed by atoms with Crippen LogP contribution in [0, 0.1) is 11.8 Å². The van der Waals surface area contributed by atoms with Gasteiger partial charge >= 0.3 is 5.97 Å². The molecule has 0 saturated heterocycles. The van der Waals surface area contributed by atoms with Gasteiger partial charge in [0, 0.05) is 11.5 Å². The highest BCUT2D eigenvalue weighted by Gasteiger charge is 2.31. The topological polar surface area (TPSA) is 54.4 Å². The van der Waals surface area contributed by atoms with Gasteiger partial charge in [-0.1, -0.05) is 37.6 Å². The number of aryl methyl sites for hydroxylation is 1. The van der Waals surface area contributed by atoms with Crippen molar-refractivity contribution in [2.24, 2.45) is 11.8 Å². The molecule has 3 nitrogen and oxygen atoms in total. The Morgan fingerprint density at radius 2 is 1.89 bits per heavy atom. The van der Waals surface area contributed by atoms with Gasteiger partial charge in [-0.25, -0.2) is 0 Å². The molecule has 1 aliphatic carbocycles. The molecule has 102 valence electrons. The Kier molecular flexibility index (Phi) is 4.35. The molecular formula is C16H20O3. The van der Waals surface area contributed by atoms with Crippen molar-refractivity contribution < 1.29 is 14.7 Å². The SMILES string of the molecule is CCc1ccccc1C(=O)[C@H]1CCC[C@@H](C(=O)O)C1. The van der Waals surface area contributed by atoms with Crippen LogP contribution in [0.1, 0.15) is 48.5 Å². The number of carbonyl (C=O) groups is 2. The second-order valence-electron chi connectivity index (χ2n) is 5.27. The van der Waals surface area contributed by atoms with E-state index in [9.17, 15) is 9.59 Å². The number of hydrogen-bond donors (Lipinski definition) is 1. The van der Waals surface area contributed by atoms with E-state index in [0.717, 1.165) is 30.4 Å². The molecule has 1 aromatic carbocycles. The highest BCUT2D eigenvalue weighted by Crippen LogP contribution is 2.32. The lowest BCUT2D eigenvalue weighted by Gasteiger charge is -2.26. The Morgan fingerprint density at radius 3 is 2.58 bits per heavy atom. The van der Waals surface area contributed by atoms with Crippen molar-refractivity contribution in [1.29, 1.82) is 0 Å². The summed E-state index contributed by atoms with van der Waals surface area (Å²) in [5.41, 5.74) is 1.84. The summed E-state index contributed by atoms with van der Waals surface area (Å²) in [5, 5.41) is 9.10. The summed E-state index contributed by atoms with van der Waals surface area (Å²) in [6, 6.07) is 7.66. The minimum Gasteiger partial charge on any atom is -0.481 e. The van der Waals surface area contributed by atoms with Crippen molar-refractivity contribution in [3.05, 3.63) is 35.4 Å². The second-order valence-corrected chi connectivity index (χ2v) is 5.27. The van der Waals surface area contributed by atoms with Crippen LogP contribution in [0.4, 0.5) is 0 Å². The zero-order valence-electron chi connectivity index (χ0n) is 11.3. The Morgan fingerprint density at radius 1 is 1.21 bits per heavy atom. The number of rotatable bonds is 4. The maximum Gasteiger partial charge on any atom is 0.306 e. The lowest BCUT2D eigenvalue weighted by atomic mass is 9.77. The van der Waals surface area contributed by atoms with Gasteiger partial charge in [0.25, 0.3) is 0 Å². The van der Waals surface area contributed by atoms with Crippen molar-refractivity contribution in [2.45, 2.75) is 39.0 Å². The molecule has 1 fully saturated rings. The molecule has 0 radical (unpaired) electrons. The average Bonchev–Trinajstić information content (AvgIpc) is 2.46. The lowest BCUT2D eigenvalue weighted by molar-refractivity contribution is -0.143. The fraction of sp³-hybridized carbons (Fsp3) is 0.500. The van der Waals surface area contributed by atoms with Crippen LogP contribution in [-0.2, 0) is 11.2 Å². The quantitative estimate of drug-likeness (QED) is 0.845. The maximum atomic E-state index is 12.6. The fourth-order valence-corrected chi connectivity index (χ4v) is 2.94. The van der Waals surface area contributed by atoms with Gasteiger partial charge in [-0.15, -0.1) is 0 Å². The minimum absolute atomic E-state index is 0.123. The molecule has 19 heavy (non-hydrogen) atoms. The summed E-state index contributed by atoms with van der Waals surface area (Å²) in [6.07, 6.45) is 3.68. The van der Waals surface area contributed by atoms with Crippen molar-refractivity contribution in [1.82, 2.24) is 0 Å². The predicted molar refractivity (Wildman–Crippen MR) is 73.2 cm³/mol. The summed E-state index contributed by atoms with van der Waals surface area (Å²) < 4.78 is 0. The third kappa shape index (κ3) is 3.03. The standard InChI is InChI=1S/C16H20O3/c1-2-11-6-3-4-9-14(11)15(17)12-7-5-8-13(10-12)16(18)19/h3-4,6,9,12-13H,2,5,7-8,10H2,1H3,(H,18,19)/t12-,13+/m0/s1. The molecule has 2 atom stereocenters. The van der Waals surface area contributed by atoms with E-state index in [1.54, 1.807) is 0 Å². The van der Waals surface area contributed by atoms with Gasteiger partial charge in [-0.3, -0.25) is 9.59 Å². The van der Waals surface area contributed by atoms with Gasteiger partial charge < -0.3 is 5.11 Å². The molecule has 0 spiro atoms. The normalized spacial score (nSPS) is 23.0. The number of carboxylic acid groups (broad SMARTS) is 1.